The summed E-state index contributed by atoms with van der Waals surface area (Å²) in [5.41, 5.74) is 0. The third-order valence-electron chi connectivity index (χ3n) is 3.16. The molecule has 0 aromatic rings. The molecule has 1 atom stereocenters. The molecular weight excluding hydrogens is 250 g/mol. The SMILES string of the molecule is CCC(C)C(=O)CCCC(=O)ON1C(=O)CCC1=O. The minimum atomic E-state index is -0.652. The van der Waals surface area contributed by atoms with Crippen LogP contribution < -0.4 is 0 Å². The number of carbonyl (C=O) groups is 4. The summed E-state index contributed by atoms with van der Waals surface area (Å²) < 4.78 is 0. The lowest BCUT2D eigenvalue weighted by atomic mass is 9.99. The van der Waals surface area contributed by atoms with E-state index in [0.29, 0.717) is 17.9 Å². The van der Waals surface area contributed by atoms with Gasteiger partial charge in [0.1, 0.15) is 5.78 Å². The Bertz CT molecular complexity index is 374. The number of Topliss-reactive ketones (excluding diaryl/α,β-unsaturated/α-hetero) is 1. The summed E-state index contributed by atoms with van der Waals surface area (Å²) >= 11 is 0. The first kappa shape index (κ1) is 15.3. The van der Waals surface area contributed by atoms with Crippen LogP contribution in [0.4, 0.5) is 0 Å². The van der Waals surface area contributed by atoms with Gasteiger partial charge in [0.05, 0.1) is 0 Å². The van der Waals surface area contributed by atoms with Crippen molar-refractivity contribution >= 4 is 23.6 Å². The van der Waals surface area contributed by atoms with Gasteiger partial charge in [0.15, 0.2) is 0 Å². The second-order valence-electron chi connectivity index (χ2n) is 4.67. The number of rotatable bonds is 7. The fourth-order valence-corrected chi connectivity index (χ4v) is 1.69. The van der Waals surface area contributed by atoms with Gasteiger partial charge in [-0.05, 0) is 12.8 Å². The van der Waals surface area contributed by atoms with E-state index in [2.05, 4.69) is 4.84 Å². The van der Waals surface area contributed by atoms with Gasteiger partial charge in [0, 0.05) is 31.6 Å². The van der Waals surface area contributed by atoms with E-state index in [9.17, 15) is 19.2 Å². The Balaban J connectivity index is 2.27. The fourth-order valence-electron chi connectivity index (χ4n) is 1.69. The number of imide groups is 1. The normalized spacial score (nSPS) is 16.6. The summed E-state index contributed by atoms with van der Waals surface area (Å²) in [6.45, 7) is 3.78. The Morgan fingerprint density at radius 2 is 1.79 bits per heavy atom. The zero-order valence-corrected chi connectivity index (χ0v) is 11.3. The van der Waals surface area contributed by atoms with Crippen molar-refractivity contribution in [2.45, 2.75) is 52.4 Å². The molecule has 2 amide bonds. The van der Waals surface area contributed by atoms with Crippen LogP contribution in [0.1, 0.15) is 52.4 Å². The molecule has 0 N–H and O–H groups in total. The molecular formula is C13H19NO5. The van der Waals surface area contributed by atoms with Gasteiger partial charge >= 0.3 is 5.97 Å². The molecule has 1 saturated heterocycles. The lowest BCUT2D eigenvalue weighted by molar-refractivity contribution is -0.197. The molecule has 0 spiro atoms. The van der Waals surface area contributed by atoms with Gasteiger partial charge in [-0.1, -0.05) is 13.8 Å². The largest absolute Gasteiger partial charge is 0.333 e. The summed E-state index contributed by atoms with van der Waals surface area (Å²) in [6, 6.07) is 0. The van der Waals surface area contributed by atoms with E-state index >= 15 is 0 Å². The van der Waals surface area contributed by atoms with Gasteiger partial charge in [-0.2, -0.15) is 0 Å². The molecule has 0 bridgehead atoms. The maximum absolute atomic E-state index is 11.5. The number of ketones is 1. The van der Waals surface area contributed by atoms with E-state index in [-0.39, 0.29) is 31.0 Å². The first-order valence-corrected chi connectivity index (χ1v) is 6.55. The predicted octanol–water partition coefficient (Wildman–Crippen LogP) is 1.38. The van der Waals surface area contributed by atoms with E-state index in [1.54, 1.807) is 0 Å². The molecule has 0 aromatic carbocycles. The van der Waals surface area contributed by atoms with Crippen LogP contribution in [0, 0.1) is 5.92 Å². The topological polar surface area (TPSA) is 80.8 Å². The Morgan fingerprint density at radius 1 is 1.21 bits per heavy atom. The van der Waals surface area contributed by atoms with Crippen LogP contribution in [-0.4, -0.2) is 28.6 Å². The van der Waals surface area contributed by atoms with E-state index in [4.69, 9.17) is 0 Å². The average Bonchev–Trinajstić information content (AvgIpc) is 2.69. The fraction of sp³-hybridized carbons (Fsp3) is 0.692. The molecule has 0 radical (unpaired) electrons. The van der Waals surface area contributed by atoms with E-state index in [1.165, 1.54) is 0 Å². The van der Waals surface area contributed by atoms with Crippen LogP contribution >= 0.6 is 0 Å². The lowest BCUT2D eigenvalue weighted by Crippen LogP contribution is -2.32. The quantitative estimate of drug-likeness (QED) is 0.652. The van der Waals surface area contributed by atoms with Gasteiger partial charge in [-0.3, -0.25) is 14.4 Å². The summed E-state index contributed by atoms with van der Waals surface area (Å²) in [4.78, 5) is 50.1. The van der Waals surface area contributed by atoms with Crippen LogP contribution in [0.3, 0.4) is 0 Å². The molecule has 19 heavy (non-hydrogen) atoms. The van der Waals surface area contributed by atoms with Crippen molar-refractivity contribution in [3.05, 3.63) is 0 Å². The minimum absolute atomic E-state index is 0.00208. The van der Waals surface area contributed by atoms with Crippen molar-refractivity contribution in [3.8, 4) is 0 Å². The number of hydrogen-bond donors (Lipinski definition) is 0. The molecule has 6 heteroatoms. The number of nitrogens with zero attached hydrogens (tertiary/aromatic N) is 1. The van der Waals surface area contributed by atoms with E-state index in [0.717, 1.165) is 6.42 Å². The lowest BCUT2D eigenvalue weighted by Gasteiger charge is -2.12. The molecule has 106 valence electrons. The van der Waals surface area contributed by atoms with Crippen molar-refractivity contribution < 1.29 is 24.0 Å². The number of carbonyl (C=O) groups excluding carboxylic acids is 4. The molecule has 1 rings (SSSR count). The number of hydrogen-bond acceptors (Lipinski definition) is 5. The second-order valence-corrected chi connectivity index (χ2v) is 4.67. The van der Waals surface area contributed by atoms with Gasteiger partial charge in [-0.15, -0.1) is 5.06 Å². The van der Waals surface area contributed by atoms with E-state index in [1.807, 2.05) is 13.8 Å². The minimum Gasteiger partial charge on any atom is -0.330 e. The highest BCUT2D eigenvalue weighted by atomic mass is 16.7. The van der Waals surface area contributed by atoms with Crippen molar-refractivity contribution in [3.63, 3.8) is 0 Å². The Hall–Kier alpha value is -1.72. The van der Waals surface area contributed by atoms with Crippen molar-refractivity contribution in [1.29, 1.82) is 0 Å². The molecule has 1 fully saturated rings. The third kappa shape index (κ3) is 4.46. The van der Waals surface area contributed by atoms with Crippen LogP contribution in [0.25, 0.3) is 0 Å². The Labute approximate surface area is 112 Å². The highest BCUT2D eigenvalue weighted by Crippen LogP contribution is 2.14. The van der Waals surface area contributed by atoms with Crippen molar-refractivity contribution in [1.82, 2.24) is 5.06 Å². The zero-order valence-electron chi connectivity index (χ0n) is 11.3. The Kier molecular flexibility index (Phi) is 5.66. The first-order valence-electron chi connectivity index (χ1n) is 6.55. The number of hydroxylamine groups is 2. The average molecular weight is 269 g/mol. The standard InChI is InChI=1S/C13H19NO5/c1-3-9(2)10(15)5-4-6-13(18)19-14-11(16)7-8-12(14)17/h9H,3-8H2,1-2H3. The third-order valence-corrected chi connectivity index (χ3v) is 3.16. The summed E-state index contributed by atoms with van der Waals surface area (Å²) in [6.07, 6.45) is 1.65. The molecule has 0 aliphatic carbocycles. The van der Waals surface area contributed by atoms with E-state index < -0.39 is 17.8 Å². The van der Waals surface area contributed by atoms with Gasteiger partial charge in [-0.25, -0.2) is 4.79 Å². The van der Waals surface area contributed by atoms with Crippen LogP contribution in [0.2, 0.25) is 0 Å². The van der Waals surface area contributed by atoms with Gasteiger partial charge < -0.3 is 4.84 Å². The molecule has 0 aromatic heterocycles. The zero-order chi connectivity index (χ0) is 14.4. The molecule has 1 unspecified atom stereocenters. The number of amides is 2. The molecule has 6 nitrogen and oxygen atoms in total. The highest BCUT2D eigenvalue weighted by Gasteiger charge is 2.32. The monoisotopic (exact) mass is 269 g/mol. The molecule has 1 aliphatic rings. The van der Waals surface area contributed by atoms with Crippen LogP contribution in [0.15, 0.2) is 0 Å². The van der Waals surface area contributed by atoms with Crippen molar-refractivity contribution in [2.75, 3.05) is 0 Å². The summed E-state index contributed by atoms with van der Waals surface area (Å²) in [5.74, 6) is -1.52. The maximum Gasteiger partial charge on any atom is 0.333 e. The Morgan fingerprint density at radius 3 is 2.32 bits per heavy atom. The molecule has 0 saturated carbocycles. The molecule has 1 aliphatic heterocycles. The predicted molar refractivity (Wildman–Crippen MR) is 65.5 cm³/mol. The van der Waals surface area contributed by atoms with Crippen molar-refractivity contribution in [2.24, 2.45) is 5.92 Å². The summed E-state index contributed by atoms with van der Waals surface area (Å²) in [7, 11) is 0. The van der Waals surface area contributed by atoms with Gasteiger partial charge in [0.25, 0.3) is 11.8 Å². The smallest absolute Gasteiger partial charge is 0.330 e. The molecule has 1 heterocycles. The summed E-state index contributed by atoms with van der Waals surface area (Å²) in [5, 5.41) is 0.527. The highest BCUT2D eigenvalue weighted by molar-refractivity contribution is 6.01. The van der Waals surface area contributed by atoms with Crippen LogP contribution in [0.5, 0.6) is 0 Å². The van der Waals surface area contributed by atoms with Crippen LogP contribution in [-0.2, 0) is 24.0 Å². The maximum atomic E-state index is 11.5. The first-order chi connectivity index (χ1) is 8.95. The second kappa shape index (κ2) is 7.01. The van der Waals surface area contributed by atoms with Gasteiger partial charge in [0.2, 0.25) is 0 Å².